The zero-order chi connectivity index (χ0) is 10.8. The molecule has 0 aliphatic carbocycles. The lowest BCUT2D eigenvalue weighted by Gasteiger charge is -2.03. The molecule has 2 aromatic heterocycles. The van der Waals surface area contributed by atoms with Gasteiger partial charge in [0.25, 0.3) is 0 Å². The summed E-state index contributed by atoms with van der Waals surface area (Å²) in [5, 5.41) is 11.1. The fourth-order valence-corrected chi connectivity index (χ4v) is 1.47. The van der Waals surface area contributed by atoms with Crippen LogP contribution in [0, 0.1) is 5.92 Å². The maximum atomic E-state index is 5.74. The highest BCUT2D eigenvalue weighted by Crippen LogP contribution is 2.20. The van der Waals surface area contributed by atoms with E-state index in [1.807, 2.05) is 16.9 Å². The van der Waals surface area contributed by atoms with Crippen LogP contribution >= 0.6 is 0 Å². The molecule has 15 heavy (non-hydrogen) atoms. The number of hydrogen-bond donors (Lipinski definition) is 2. The number of nitrogens with one attached hydrogen (secondary N) is 1. The second kappa shape index (κ2) is 3.76. The molecule has 80 valence electrons. The van der Waals surface area contributed by atoms with Gasteiger partial charge in [-0.25, -0.2) is 0 Å². The van der Waals surface area contributed by atoms with E-state index in [0.29, 0.717) is 11.6 Å². The SMILES string of the molecule is CC(C)Cn1ccc(-c2[nH]ncc2N)n1. The van der Waals surface area contributed by atoms with E-state index in [1.165, 1.54) is 0 Å². The highest BCUT2D eigenvalue weighted by molar-refractivity contribution is 5.68. The van der Waals surface area contributed by atoms with Crippen LogP contribution in [0.1, 0.15) is 13.8 Å². The van der Waals surface area contributed by atoms with Crippen molar-refractivity contribution < 1.29 is 0 Å². The van der Waals surface area contributed by atoms with Crippen LogP contribution in [0.4, 0.5) is 5.69 Å². The largest absolute Gasteiger partial charge is 0.396 e. The average Bonchev–Trinajstić information content (AvgIpc) is 2.72. The number of rotatable bonds is 3. The zero-order valence-electron chi connectivity index (χ0n) is 8.94. The summed E-state index contributed by atoms with van der Waals surface area (Å²) in [5.74, 6) is 0.580. The number of aromatic amines is 1. The number of anilines is 1. The van der Waals surface area contributed by atoms with Gasteiger partial charge in [0.2, 0.25) is 0 Å². The number of nitrogen functional groups attached to an aromatic ring is 1. The zero-order valence-corrected chi connectivity index (χ0v) is 8.94. The van der Waals surface area contributed by atoms with Crippen molar-refractivity contribution in [2.24, 2.45) is 5.92 Å². The molecule has 2 rings (SSSR count). The summed E-state index contributed by atoms with van der Waals surface area (Å²) >= 11 is 0. The first kappa shape index (κ1) is 9.76. The summed E-state index contributed by atoms with van der Waals surface area (Å²) in [5.41, 5.74) is 8.00. The van der Waals surface area contributed by atoms with Crippen LogP contribution in [0.25, 0.3) is 11.4 Å². The van der Waals surface area contributed by atoms with E-state index in [1.54, 1.807) is 6.20 Å². The number of nitrogens with zero attached hydrogens (tertiary/aromatic N) is 3. The lowest BCUT2D eigenvalue weighted by atomic mass is 10.2. The minimum atomic E-state index is 0.580. The van der Waals surface area contributed by atoms with Crippen molar-refractivity contribution in [3.63, 3.8) is 0 Å². The van der Waals surface area contributed by atoms with E-state index in [9.17, 15) is 0 Å². The maximum absolute atomic E-state index is 5.74. The molecule has 0 aliphatic rings. The Balaban J connectivity index is 2.24. The Morgan fingerprint density at radius 1 is 1.53 bits per heavy atom. The van der Waals surface area contributed by atoms with Crippen molar-refractivity contribution in [1.82, 2.24) is 20.0 Å². The van der Waals surface area contributed by atoms with Gasteiger partial charge >= 0.3 is 0 Å². The predicted octanol–water partition coefficient (Wildman–Crippen LogP) is 1.51. The molecular formula is C10H15N5. The average molecular weight is 205 g/mol. The Bertz CT molecular complexity index is 440. The summed E-state index contributed by atoms with van der Waals surface area (Å²) in [6.07, 6.45) is 3.55. The van der Waals surface area contributed by atoms with Gasteiger partial charge in [0.15, 0.2) is 0 Å². The van der Waals surface area contributed by atoms with Crippen molar-refractivity contribution in [2.45, 2.75) is 20.4 Å². The van der Waals surface area contributed by atoms with Gasteiger partial charge in [0, 0.05) is 12.7 Å². The van der Waals surface area contributed by atoms with Crippen LogP contribution in [0.5, 0.6) is 0 Å². The van der Waals surface area contributed by atoms with Gasteiger partial charge in [-0.1, -0.05) is 13.8 Å². The first-order valence-electron chi connectivity index (χ1n) is 4.99. The number of hydrogen-bond acceptors (Lipinski definition) is 3. The lowest BCUT2D eigenvalue weighted by Crippen LogP contribution is -2.04. The molecule has 0 saturated carbocycles. The molecule has 0 aliphatic heterocycles. The third-order valence-electron chi connectivity index (χ3n) is 2.12. The monoisotopic (exact) mass is 205 g/mol. The second-order valence-electron chi connectivity index (χ2n) is 4.02. The topological polar surface area (TPSA) is 72.5 Å². The summed E-state index contributed by atoms with van der Waals surface area (Å²) in [6, 6.07) is 1.94. The van der Waals surface area contributed by atoms with Crippen molar-refractivity contribution in [3.8, 4) is 11.4 Å². The van der Waals surface area contributed by atoms with Gasteiger partial charge in [-0.2, -0.15) is 10.2 Å². The molecule has 5 heteroatoms. The number of H-pyrrole nitrogens is 1. The van der Waals surface area contributed by atoms with E-state index >= 15 is 0 Å². The predicted molar refractivity (Wildman–Crippen MR) is 59.1 cm³/mol. The molecule has 2 aromatic rings. The molecule has 0 aromatic carbocycles. The molecule has 0 unspecified atom stereocenters. The molecule has 3 N–H and O–H groups in total. The minimum Gasteiger partial charge on any atom is -0.396 e. The molecule has 0 radical (unpaired) electrons. The van der Waals surface area contributed by atoms with Crippen molar-refractivity contribution in [2.75, 3.05) is 5.73 Å². The Labute approximate surface area is 88.3 Å². The van der Waals surface area contributed by atoms with E-state index < -0.39 is 0 Å². The van der Waals surface area contributed by atoms with Crippen LogP contribution in [0.2, 0.25) is 0 Å². The fraction of sp³-hybridized carbons (Fsp3) is 0.400. The van der Waals surface area contributed by atoms with E-state index in [2.05, 4.69) is 29.1 Å². The van der Waals surface area contributed by atoms with Gasteiger partial charge in [0.05, 0.1) is 11.9 Å². The smallest absolute Gasteiger partial charge is 0.112 e. The molecule has 5 nitrogen and oxygen atoms in total. The molecule has 0 atom stereocenters. The quantitative estimate of drug-likeness (QED) is 0.797. The maximum Gasteiger partial charge on any atom is 0.112 e. The van der Waals surface area contributed by atoms with Crippen molar-refractivity contribution in [1.29, 1.82) is 0 Å². The molecule has 0 saturated heterocycles. The Kier molecular flexibility index (Phi) is 2.45. The normalized spacial score (nSPS) is 11.1. The third kappa shape index (κ3) is 2.01. The lowest BCUT2D eigenvalue weighted by molar-refractivity contribution is 0.484. The first-order valence-corrected chi connectivity index (χ1v) is 4.99. The van der Waals surface area contributed by atoms with Gasteiger partial charge in [-0.15, -0.1) is 0 Å². The Morgan fingerprint density at radius 3 is 2.93 bits per heavy atom. The summed E-state index contributed by atoms with van der Waals surface area (Å²) in [7, 11) is 0. The van der Waals surface area contributed by atoms with E-state index in [0.717, 1.165) is 17.9 Å². The summed E-state index contributed by atoms with van der Waals surface area (Å²) < 4.78 is 1.92. The van der Waals surface area contributed by atoms with Gasteiger partial charge in [-0.05, 0) is 12.0 Å². The molecule has 0 amide bonds. The summed E-state index contributed by atoms with van der Waals surface area (Å²) in [6.45, 7) is 5.23. The molecule has 0 fully saturated rings. The van der Waals surface area contributed by atoms with E-state index in [4.69, 9.17) is 5.73 Å². The highest BCUT2D eigenvalue weighted by atomic mass is 15.3. The highest BCUT2D eigenvalue weighted by Gasteiger charge is 2.08. The molecule has 2 heterocycles. The van der Waals surface area contributed by atoms with Gasteiger partial charge in [-0.3, -0.25) is 9.78 Å². The van der Waals surface area contributed by atoms with Crippen LogP contribution in [0.15, 0.2) is 18.5 Å². The number of aromatic nitrogens is 4. The van der Waals surface area contributed by atoms with Crippen LogP contribution < -0.4 is 5.73 Å². The van der Waals surface area contributed by atoms with Gasteiger partial charge in [0.1, 0.15) is 11.4 Å². The standard InChI is InChI=1S/C10H15N5/c1-7(2)6-15-4-3-9(14-15)10-8(11)5-12-13-10/h3-5,7H,6,11H2,1-2H3,(H,12,13). The third-order valence-corrected chi connectivity index (χ3v) is 2.12. The van der Waals surface area contributed by atoms with Gasteiger partial charge < -0.3 is 5.73 Å². The first-order chi connectivity index (χ1) is 7.16. The second-order valence-corrected chi connectivity index (χ2v) is 4.02. The van der Waals surface area contributed by atoms with Crippen LogP contribution in [0.3, 0.4) is 0 Å². The van der Waals surface area contributed by atoms with Crippen LogP contribution in [-0.4, -0.2) is 20.0 Å². The number of nitrogens with two attached hydrogens (primary N) is 1. The molecular weight excluding hydrogens is 190 g/mol. The van der Waals surface area contributed by atoms with E-state index in [-0.39, 0.29) is 0 Å². The molecule has 0 bridgehead atoms. The Morgan fingerprint density at radius 2 is 2.33 bits per heavy atom. The minimum absolute atomic E-state index is 0.580. The van der Waals surface area contributed by atoms with Crippen molar-refractivity contribution >= 4 is 5.69 Å². The Hall–Kier alpha value is -1.78. The molecule has 0 spiro atoms. The summed E-state index contributed by atoms with van der Waals surface area (Å²) in [4.78, 5) is 0. The van der Waals surface area contributed by atoms with Crippen LogP contribution in [-0.2, 0) is 6.54 Å². The van der Waals surface area contributed by atoms with Crippen molar-refractivity contribution in [3.05, 3.63) is 18.5 Å². The fourth-order valence-electron chi connectivity index (χ4n) is 1.47.